The van der Waals surface area contributed by atoms with Gasteiger partial charge in [-0.3, -0.25) is 4.79 Å². The zero-order valence-corrected chi connectivity index (χ0v) is 6.84. The number of thiol groups is 1. The summed E-state index contributed by atoms with van der Waals surface area (Å²) in [5, 5.41) is 2.68. The minimum atomic E-state index is -0.0838. The summed E-state index contributed by atoms with van der Waals surface area (Å²) >= 11 is 3.83. The highest BCUT2D eigenvalue weighted by Gasteiger charge is 1.95. The number of hydrogen-bond acceptors (Lipinski definition) is 2. The third kappa shape index (κ3) is 2.63. The Morgan fingerprint density at radius 1 is 1.36 bits per heavy atom. The highest BCUT2D eigenvalue weighted by atomic mass is 32.1. The van der Waals surface area contributed by atoms with Gasteiger partial charge in [-0.2, -0.15) is 12.6 Å². The smallest absolute Gasteiger partial charge is 0.234 e. The Morgan fingerprint density at radius 3 is 2.55 bits per heavy atom. The van der Waals surface area contributed by atoms with Gasteiger partial charge in [0.25, 0.3) is 0 Å². The van der Waals surface area contributed by atoms with Crippen LogP contribution >= 0.6 is 12.6 Å². The van der Waals surface area contributed by atoms with Crippen LogP contribution < -0.4 is 5.32 Å². The first kappa shape index (κ1) is 8.14. The monoisotopic (exact) mass is 167 g/mol. The largest absolute Gasteiger partial charge is 0.325 e. The number of anilines is 1. The van der Waals surface area contributed by atoms with E-state index in [0.717, 1.165) is 5.69 Å². The van der Waals surface area contributed by atoms with E-state index in [0.29, 0.717) is 0 Å². The van der Waals surface area contributed by atoms with Crippen LogP contribution in [0.3, 0.4) is 0 Å². The van der Waals surface area contributed by atoms with Crippen LogP contribution in [0.4, 0.5) is 5.69 Å². The van der Waals surface area contributed by atoms with Crippen LogP contribution in [0.15, 0.2) is 30.3 Å². The van der Waals surface area contributed by atoms with E-state index in [4.69, 9.17) is 0 Å². The molecule has 1 amide bonds. The summed E-state index contributed by atoms with van der Waals surface area (Å²) in [5.41, 5.74) is 0.812. The molecule has 1 aromatic carbocycles. The summed E-state index contributed by atoms with van der Waals surface area (Å²) in [5.74, 6) is 0.133. The second-order valence-electron chi connectivity index (χ2n) is 2.07. The van der Waals surface area contributed by atoms with Gasteiger partial charge in [-0.15, -0.1) is 0 Å². The van der Waals surface area contributed by atoms with Crippen LogP contribution in [0.25, 0.3) is 0 Å². The van der Waals surface area contributed by atoms with E-state index < -0.39 is 0 Å². The van der Waals surface area contributed by atoms with Gasteiger partial charge in [0, 0.05) is 5.69 Å². The van der Waals surface area contributed by atoms with Gasteiger partial charge in [0.15, 0.2) is 0 Å². The van der Waals surface area contributed by atoms with Crippen LogP contribution in [0.1, 0.15) is 0 Å². The van der Waals surface area contributed by atoms with Gasteiger partial charge in [-0.25, -0.2) is 0 Å². The SMILES string of the molecule is O=C(CS)Nc1ccccc1. The first-order valence-corrected chi connectivity index (χ1v) is 3.92. The zero-order chi connectivity index (χ0) is 8.10. The Balaban J connectivity index is 2.58. The molecule has 0 fully saturated rings. The number of carbonyl (C=O) groups excluding carboxylic acids is 1. The molecule has 1 N–H and O–H groups in total. The molecule has 0 saturated heterocycles. The summed E-state index contributed by atoms with van der Waals surface area (Å²) in [6.07, 6.45) is 0. The molecule has 3 heteroatoms. The standard InChI is InChI=1S/C8H9NOS/c10-8(6-11)9-7-4-2-1-3-5-7/h1-5,11H,6H2,(H,9,10). The normalized spacial score (nSPS) is 9.18. The molecule has 2 nitrogen and oxygen atoms in total. The number of nitrogens with one attached hydrogen (secondary N) is 1. The van der Waals surface area contributed by atoms with E-state index in [1.807, 2.05) is 30.3 Å². The Kier molecular flexibility index (Phi) is 2.98. The summed E-state index contributed by atoms with van der Waals surface area (Å²) in [7, 11) is 0. The number of hydrogen-bond donors (Lipinski definition) is 2. The Morgan fingerprint density at radius 2 is 2.00 bits per heavy atom. The van der Waals surface area contributed by atoms with Crippen molar-refractivity contribution in [2.24, 2.45) is 0 Å². The van der Waals surface area contributed by atoms with Crippen molar-refractivity contribution >= 4 is 24.2 Å². The van der Waals surface area contributed by atoms with Crippen molar-refractivity contribution < 1.29 is 4.79 Å². The fourth-order valence-corrected chi connectivity index (χ4v) is 0.801. The van der Waals surface area contributed by atoms with E-state index in [1.165, 1.54) is 0 Å². The fourth-order valence-electron chi connectivity index (χ4n) is 0.722. The minimum Gasteiger partial charge on any atom is -0.325 e. The van der Waals surface area contributed by atoms with Crippen molar-refractivity contribution in [3.05, 3.63) is 30.3 Å². The maximum Gasteiger partial charge on any atom is 0.234 e. The van der Waals surface area contributed by atoms with Gasteiger partial charge in [-0.05, 0) is 12.1 Å². The van der Waals surface area contributed by atoms with Crippen molar-refractivity contribution in [2.45, 2.75) is 0 Å². The van der Waals surface area contributed by atoms with Crippen molar-refractivity contribution in [3.63, 3.8) is 0 Å². The van der Waals surface area contributed by atoms with Gasteiger partial charge in [-0.1, -0.05) is 18.2 Å². The predicted molar refractivity (Wildman–Crippen MR) is 48.9 cm³/mol. The van der Waals surface area contributed by atoms with E-state index in [9.17, 15) is 4.79 Å². The molecule has 0 aliphatic heterocycles. The van der Waals surface area contributed by atoms with Crippen molar-refractivity contribution in [2.75, 3.05) is 11.1 Å². The lowest BCUT2D eigenvalue weighted by molar-refractivity contribution is -0.113. The lowest BCUT2D eigenvalue weighted by Crippen LogP contribution is -2.12. The highest BCUT2D eigenvalue weighted by molar-refractivity contribution is 7.81. The molecule has 0 spiro atoms. The van der Waals surface area contributed by atoms with Crippen LogP contribution in [0.2, 0.25) is 0 Å². The van der Waals surface area contributed by atoms with Gasteiger partial charge in [0.2, 0.25) is 5.91 Å². The quantitative estimate of drug-likeness (QED) is 0.643. The second kappa shape index (κ2) is 4.03. The molecule has 0 aromatic heterocycles. The third-order valence-electron chi connectivity index (χ3n) is 1.20. The zero-order valence-electron chi connectivity index (χ0n) is 5.95. The molecule has 0 heterocycles. The molecule has 0 unspecified atom stereocenters. The molecule has 1 aromatic rings. The first-order chi connectivity index (χ1) is 5.33. The number of carbonyl (C=O) groups is 1. The van der Waals surface area contributed by atoms with Gasteiger partial charge >= 0.3 is 0 Å². The highest BCUT2D eigenvalue weighted by Crippen LogP contribution is 2.04. The molecule has 0 atom stereocenters. The molecule has 0 radical (unpaired) electrons. The molecule has 11 heavy (non-hydrogen) atoms. The van der Waals surface area contributed by atoms with E-state index >= 15 is 0 Å². The van der Waals surface area contributed by atoms with Crippen molar-refractivity contribution in [1.82, 2.24) is 0 Å². The van der Waals surface area contributed by atoms with Gasteiger partial charge < -0.3 is 5.32 Å². The molecule has 0 saturated carbocycles. The third-order valence-corrected chi connectivity index (χ3v) is 1.49. The van der Waals surface area contributed by atoms with E-state index in [-0.39, 0.29) is 11.7 Å². The Hall–Kier alpha value is -0.960. The Labute approximate surface area is 71.0 Å². The average Bonchev–Trinajstić information content (AvgIpc) is 2.06. The van der Waals surface area contributed by atoms with Crippen LogP contribution in [-0.4, -0.2) is 11.7 Å². The van der Waals surface area contributed by atoms with Crippen LogP contribution in [0.5, 0.6) is 0 Å². The average molecular weight is 167 g/mol. The molecule has 58 valence electrons. The molecule has 0 bridgehead atoms. The lowest BCUT2D eigenvalue weighted by Gasteiger charge is -2.00. The molecule has 0 aliphatic carbocycles. The molecule has 0 aliphatic rings. The molecule has 1 rings (SSSR count). The summed E-state index contributed by atoms with van der Waals surface area (Å²) in [4.78, 5) is 10.8. The van der Waals surface area contributed by atoms with Crippen LogP contribution in [-0.2, 0) is 4.79 Å². The van der Waals surface area contributed by atoms with E-state index in [2.05, 4.69) is 17.9 Å². The molecular weight excluding hydrogens is 158 g/mol. The van der Waals surface area contributed by atoms with Crippen molar-refractivity contribution in [3.8, 4) is 0 Å². The number of para-hydroxylation sites is 1. The number of rotatable bonds is 2. The molecular formula is C8H9NOS. The number of amides is 1. The predicted octanol–water partition coefficient (Wildman–Crippen LogP) is 1.55. The summed E-state index contributed by atoms with van der Waals surface area (Å²) in [6.45, 7) is 0. The van der Waals surface area contributed by atoms with Gasteiger partial charge in [0.1, 0.15) is 0 Å². The first-order valence-electron chi connectivity index (χ1n) is 3.28. The maximum absolute atomic E-state index is 10.8. The second-order valence-corrected chi connectivity index (χ2v) is 2.39. The van der Waals surface area contributed by atoms with Crippen LogP contribution in [0, 0.1) is 0 Å². The van der Waals surface area contributed by atoms with E-state index in [1.54, 1.807) is 0 Å². The lowest BCUT2D eigenvalue weighted by atomic mass is 10.3. The van der Waals surface area contributed by atoms with Gasteiger partial charge in [0.05, 0.1) is 5.75 Å². The Bertz CT molecular complexity index is 235. The fraction of sp³-hybridized carbons (Fsp3) is 0.125. The van der Waals surface area contributed by atoms with Crippen molar-refractivity contribution in [1.29, 1.82) is 0 Å². The number of benzene rings is 1. The topological polar surface area (TPSA) is 29.1 Å². The summed E-state index contributed by atoms with van der Waals surface area (Å²) in [6, 6.07) is 9.31. The maximum atomic E-state index is 10.8. The minimum absolute atomic E-state index is 0.0838. The summed E-state index contributed by atoms with van der Waals surface area (Å²) < 4.78 is 0.